The van der Waals surface area contributed by atoms with Gasteiger partial charge in [0.05, 0.1) is 23.0 Å². The van der Waals surface area contributed by atoms with Gasteiger partial charge in [0.1, 0.15) is 0 Å². The Bertz CT molecular complexity index is 779. The quantitative estimate of drug-likeness (QED) is 0.633. The van der Waals surface area contributed by atoms with Gasteiger partial charge in [0.2, 0.25) is 5.91 Å². The van der Waals surface area contributed by atoms with Crippen molar-refractivity contribution in [3.63, 3.8) is 0 Å². The van der Waals surface area contributed by atoms with Crippen LogP contribution in [0.5, 0.6) is 0 Å². The number of hydrogen-bond acceptors (Lipinski definition) is 5. The van der Waals surface area contributed by atoms with Crippen LogP contribution >= 0.6 is 11.8 Å². The summed E-state index contributed by atoms with van der Waals surface area (Å²) in [5.41, 5.74) is 2.00. The first-order valence-electron chi connectivity index (χ1n) is 9.48. The summed E-state index contributed by atoms with van der Waals surface area (Å²) in [6.45, 7) is 1.25. The molecule has 3 rings (SSSR count). The lowest BCUT2D eigenvalue weighted by atomic mass is 10.1. The highest BCUT2D eigenvalue weighted by molar-refractivity contribution is 7.98. The van der Waals surface area contributed by atoms with Crippen molar-refractivity contribution in [1.29, 1.82) is 0 Å². The zero-order chi connectivity index (χ0) is 19.6. The number of pyridine rings is 1. The highest BCUT2D eigenvalue weighted by Gasteiger charge is 2.18. The predicted molar refractivity (Wildman–Crippen MR) is 111 cm³/mol. The smallest absolute Gasteiger partial charge is 0.253 e. The molecule has 1 aliphatic rings. The average molecular weight is 400 g/mol. The first-order valence-corrected chi connectivity index (χ1v) is 10.6. The number of ether oxygens (including phenoxy) is 1. The molecule has 2 amide bonds. The second-order valence-electron chi connectivity index (χ2n) is 6.56. The first-order chi connectivity index (χ1) is 13.7. The second-order valence-corrected chi connectivity index (χ2v) is 7.67. The topological polar surface area (TPSA) is 80.3 Å². The van der Waals surface area contributed by atoms with Crippen molar-refractivity contribution in [2.24, 2.45) is 0 Å². The maximum atomic E-state index is 12.5. The largest absolute Gasteiger partial charge is 0.376 e. The number of rotatable bonds is 9. The van der Waals surface area contributed by atoms with E-state index in [0.29, 0.717) is 30.0 Å². The fraction of sp³-hybridized carbons (Fsp3) is 0.381. The van der Waals surface area contributed by atoms with Gasteiger partial charge in [-0.15, -0.1) is 0 Å². The maximum Gasteiger partial charge on any atom is 0.253 e. The Morgan fingerprint density at radius 1 is 1.18 bits per heavy atom. The van der Waals surface area contributed by atoms with E-state index in [1.54, 1.807) is 36.2 Å². The molecule has 1 atom stereocenters. The van der Waals surface area contributed by atoms with E-state index in [-0.39, 0.29) is 17.9 Å². The molecule has 1 aliphatic heterocycles. The van der Waals surface area contributed by atoms with Crippen molar-refractivity contribution in [1.82, 2.24) is 10.3 Å². The van der Waals surface area contributed by atoms with Crippen LogP contribution in [-0.2, 0) is 15.3 Å². The molecule has 1 fully saturated rings. The predicted octanol–water partition coefficient (Wildman–Crippen LogP) is 3.25. The zero-order valence-corrected chi connectivity index (χ0v) is 16.5. The molecule has 148 valence electrons. The van der Waals surface area contributed by atoms with Crippen LogP contribution in [0, 0.1) is 0 Å². The van der Waals surface area contributed by atoms with Gasteiger partial charge in [-0.05, 0) is 37.1 Å². The summed E-state index contributed by atoms with van der Waals surface area (Å²) in [6.07, 6.45) is 4.23. The van der Waals surface area contributed by atoms with Gasteiger partial charge in [0.25, 0.3) is 5.91 Å². The Labute approximate surface area is 169 Å². The summed E-state index contributed by atoms with van der Waals surface area (Å²) in [5.74, 6) is 1.16. The van der Waals surface area contributed by atoms with Crippen LogP contribution in [0.2, 0.25) is 0 Å². The lowest BCUT2D eigenvalue weighted by Gasteiger charge is -2.13. The minimum absolute atomic E-state index is 0.0850. The van der Waals surface area contributed by atoms with Gasteiger partial charge < -0.3 is 15.4 Å². The third kappa shape index (κ3) is 6.35. The number of amides is 2. The summed E-state index contributed by atoms with van der Waals surface area (Å²) >= 11 is 1.66. The molecule has 0 spiro atoms. The molecule has 2 N–H and O–H groups in total. The molecule has 1 aromatic carbocycles. The fourth-order valence-electron chi connectivity index (χ4n) is 2.94. The van der Waals surface area contributed by atoms with Gasteiger partial charge in [-0.3, -0.25) is 14.6 Å². The van der Waals surface area contributed by atoms with Crippen LogP contribution < -0.4 is 10.6 Å². The Balaban J connectivity index is 1.45. The van der Waals surface area contributed by atoms with Gasteiger partial charge in [-0.2, -0.15) is 11.8 Å². The third-order valence-electron chi connectivity index (χ3n) is 4.41. The summed E-state index contributed by atoms with van der Waals surface area (Å²) in [5, 5.41) is 5.76. The number of nitrogens with zero attached hydrogens (tertiary/aromatic N) is 1. The molecule has 6 nitrogen and oxygen atoms in total. The van der Waals surface area contributed by atoms with Gasteiger partial charge >= 0.3 is 0 Å². The van der Waals surface area contributed by atoms with Crippen LogP contribution in [0.15, 0.2) is 48.7 Å². The molecule has 28 heavy (non-hydrogen) atoms. The lowest BCUT2D eigenvalue weighted by molar-refractivity contribution is -0.115. The van der Waals surface area contributed by atoms with Crippen molar-refractivity contribution in [3.05, 3.63) is 59.9 Å². The molecule has 1 saturated heterocycles. The van der Waals surface area contributed by atoms with E-state index in [9.17, 15) is 9.59 Å². The van der Waals surface area contributed by atoms with E-state index in [1.165, 1.54) is 0 Å². The monoisotopic (exact) mass is 399 g/mol. The Morgan fingerprint density at radius 2 is 2.04 bits per heavy atom. The minimum Gasteiger partial charge on any atom is -0.376 e. The van der Waals surface area contributed by atoms with E-state index in [2.05, 4.69) is 15.6 Å². The number of carbonyl (C=O) groups is 2. The number of anilines is 1. The van der Waals surface area contributed by atoms with E-state index in [0.717, 1.165) is 30.9 Å². The molecule has 1 unspecified atom stereocenters. The molecule has 1 aromatic heterocycles. The SMILES string of the molecule is O=C(CCSCc1ccccn1)Nc1ccccc1C(=O)NCC1CCCO1. The third-order valence-corrected chi connectivity index (χ3v) is 5.40. The Hall–Kier alpha value is -2.38. The fourth-order valence-corrected chi connectivity index (χ4v) is 3.79. The van der Waals surface area contributed by atoms with Crippen molar-refractivity contribution < 1.29 is 14.3 Å². The van der Waals surface area contributed by atoms with Crippen molar-refractivity contribution >= 4 is 29.3 Å². The highest BCUT2D eigenvalue weighted by atomic mass is 32.2. The van der Waals surface area contributed by atoms with Gasteiger partial charge in [-0.1, -0.05) is 18.2 Å². The molecular weight excluding hydrogens is 374 g/mol. The lowest BCUT2D eigenvalue weighted by Crippen LogP contribution is -2.32. The maximum absolute atomic E-state index is 12.5. The molecule has 0 saturated carbocycles. The van der Waals surface area contributed by atoms with Crippen LogP contribution in [0.3, 0.4) is 0 Å². The normalized spacial score (nSPS) is 15.9. The van der Waals surface area contributed by atoms with Crippen molar-refractivity contribution in [2.75, 3.05) is 24.2 Å². The van der Waals surface area contributed by atoms with Gasteiger partial charge in [0.15, 0.2) is 0 Å². The summed E-state index contributed by atoms with van der Waals surface area (Å²) < 4.78 is 5.53. The highest BCUT2D eigenvalue weighted by Crippen LogP contribution is 2.17. The Morgan fingerprint density at radius 3 is 2.82 bits per heavy atom. The van der Waals surface area contributed by atoms with Crippen LogP contribution in [-0.4, -0.2) is 41.8 Å². The van der Waals surface area contributed by atoms with E-state index in [1.807, 2.05) is 24.3 Å². The molecule has 0 aliphatic carbocycles. The standard InChI is InChI=1S/C21H25N3O3S/c25-20(10-13-28-15-16-6-3-4-11-22-16)24-19-9-2-1-8-18(19)21(26)23-14-17-7-5-12-27-17/h1-4,6,8-9,11,17H,5,7,10,12-15H2,(H,23,26)(H,24,25). The molecular formula is C21H25N3O3S. The Kier molecular flexibility index (Phi) is 7.87. The number of nitrogens with one attached hydrogen (secondary N) is 2. The molecule has 0 bridgehead atoms. The second kappa shape index (κ2) is 10.8. The van der Waals surface area contributed by atoms with Crippen LogP contribution in [0.25, 0.3) is 0 Å². The number of aromatic nitrogens is 1. The number of para-hydroxylation sites is 1. The summed E-state index contributed by atoms with van der Waals surface area (Å²) in [6, 6.07) is 12.9. The van der Waals surface area contributed by atoms with E-state index >= 15 is 0 Å². The minimum atomic E-state index is -0.198. The van der Waals surface area contributed by atoms with Crippen molar-refractivity contribution in [3.8, 4) is 0 Å². The number of carbonyl (C=O) groups excluding carboxylic acids is 2. The molecule has 0 radical (unpaired) electrons. The van der Waals surface area contributed by atoms with Gasteiger partial charge in [0, 0.05) is 37.3 Å². The van der Waals surface area contributed by atoms with Crippen LogP contribution in [0.4, 0.5) is 5.69 Å². The van der Waals surface area contributed by atoms with Crippen molar-refractivity contribution in [2.45, 2.75) is 31.1 Å². The molecule has 2 aromatic rings. The number of thioether (sulfide) groups is 1. The summed E-state index contributed by atoms with van der Waals surface area (Å²) in [7, 11) is 0. The number of hydrogen-bond donors (Lipinski definition) is 2. The number of benzene rings is 1. The first kappa shape index (κ1) is 20.4. The van der Waals surface area contributed by atoms with E-state index in [4.69, 9.17) is 4.74 Å². The molecule has 2 heterocycles. The van der Waals surface area contributed by atoms with Gasteiger partial charge in [-0.25, -0.2) is 0 Å². The zero-order valence-electron chi connectivity index (χ0n) is 15.7. The average Bonchev–Trinajstić information content (AvgIpc) is 3.24. The molecule has 7 heteroatoms. The van der Waals surface area contributed by atoms with Crippen LogP contribution in [0.1, 0.15) is 35.3 Å². The summed E-state index contributed by atoms with van der Waals surface area (Å²) in [4.78, 5) is 29.0. The van der Waals surface area contributed by atoms with E-state index < -0.39 is 0 Å².